The molecule has 2 aromatic carbocycles. The number of pyridine rings is 1. The first-order valence-corrected chi connectivity index (χ1v) is 12.5. The zero-order valence-electron chi connectivity index (χ0n) is 21.1. The Morgan fingerprint density at radius 2 is 2.00 bits per heavy atom. The number of aromatic nitrogens is 1. The Bertz CT molecular complexity index is 1440. The van der Waals surface area contributed by atoms with Gasteiger partial charge in [-0.25, -0.2) is 0 Å². The summed E-state index contributed by atoms with van der Waals surface area (Å²) in [6, 6.07) is 15.4. The molecule has 1 N–H and O–H groups in total. The summed E-state index contributed by atoms with van der Waals surface area (Å²) in [6.07, 6.45) is 4.06. The Labute approximate surface area is 215 Å². The molecule has 3 heterocycles. The van der Waals surface area contributed by atoms with Crippen LogP contribution >= 0.6 is 0 Å². The van der Waals surface area contributed by atoms with Gasteiger partial charge in [-0.2, -0.15) is 5.26 Å². The van der Waals surface area contributed by atoms with Crippen molar-refractivity contribution in [2.24, 2.45) is 5.92 Å². The average Bonchev–Trinajstić information content (AvgIpc) is 3.43. The van der Waals surface area contributed by atoms with Gasteiger partial charge in [0.25, 0.3) is 5.91 Å². The van der Waals surface area contributed by atoms with Gasteiger partial charge in [0.15, 0.2) is 0 Å². The predicted molar refractivity (Wildman–Crippen MR) is 140 cm³/mol. The highest BCUT2D eigenvalue weighted by molar-refractivity contribution is 6.07. The van der Waals surface area contributed by atoms with Gasteiger partial charge in [-0.1, -0.05) is 38.1 Å². The van der Waals surface area contributed by atoms with Crippen molar-refractivity contribution in [3.05, 3.63) is 72.1 Å². The van der Waals surface area contributed by atoms with E-state index in [1.807, 2.05) is 50.2 Å². The number of nitrogens with zero attached hydrogens (tertiary/aromatic N) is 4. The molecule has 3 amide bonds. The first kappa shape index (κ1) is 24.4. The molecule has 0 aliphatic carbocycles. The summed E-state index contributed by atoms with van der Waals surface area (Å²) in [5, 5.41) is 14.7. The normalized spacial score (nSPS) is 21.1. The van der Waals surface area contributed by atoms with E-state index in [-0.39, 0.29) is 36.6 Å². The maximum Gasteiger partial charge on any atom is 0.254 e. The number of nitriles is 1. The monoisotopic (exact) mass is 495 g/mol. The second-order valence-corrected chi connectivity index (χ2v) is 10.4. The van der Waals surface area contributed by atoms with Gasteiger partial charge in [0.05, 0.1) is 11.5 Å². The minimum atomic E-state index is -0.969. The predicted octanol–water partition coefficient (Wildman–Crippen LogP) is 3.74. The molecule has 2 aliphatic rings. The zero-order valence-corrected chi connectivity index (χ0v) is 21.1. The Morgan fingerprint density at radius 3 is 2.76 bits per heavy atom. The Morgan fingerprint density at radius 1 is 1.22 bits per heavy atom. The minimum Gasteiger partial charge on any atom is -0.330 e. The molecule has 0 saturated carbocycles. The maximum absolute atomic E-state index is 14.0. The highest BCUT2D eigenvalue weighted by atomic mass is 16.2. The van der Waals surface area contributed by atoms with Crippen LogP contribution in [0.1, 0.15) is 42.6 Å². The van der Waals surface area contributed by atoms with E-state index in [9.17, 15) is 19.6 Å². The highest BCUT2D eigenvalue weighted by Crippen LogP contribution is 2.46. The van der Waals surface area contributed by atoms with Crippen molar-refractivity contribution in [1.29, 1.82) is 5.26 Å². The molecule has 3 aromatic rings. The first-order valence-electron chi connectivity index (χ1n) is 12.5. The molecule has 0 bridgehead atoms. The van der Waals surface area contributed by atoms with Gasteiger partial charge in [-0.05, 0) is 47.6 Å². The standard InChI is InChI=1S/C29H29N5O3/c1-18(2)12-25(33(3)26(35)20-9-8-19-10-11-31-16-21(19)13-20)27(36)34-17-29(14-22(34)15-30)23-6-4-5-7-24(23)32-28(29)37/h4-11,13,16,18,22,25H,12,14,17H2,1-3H3,(H,32,37)/t22-,25-,29-/m0/s1. The topological polar surface area (TPSA) is 106 Å². The van der Waals surface area contributed by atoms with Gasteiger partial charge >= 0.3 is 0 Å². The number of likely N-dealkylation sites (tertiary alicyclic amines) is 1. The minimum absolute atomic E-state index is 0.102. The van der Waals surface area contributed by atoms with Crippen LogP contribution in [0.2, 0.25) is 0 Å². The summed E-state index contributed by atoms with van der Waals surface area (Å²) in [4.78, 5) is 47.8. The molecule has 3 atom stereocenters. The number of nitrogens with one attached hydrogen (secondary N) is 1. The molecule has 1 fully saturated rings. The molecule has 8 nitrogen and oxygen atoms in total. The Hall–Kier alpha value is -4.25. The highest BCUT2D eigenvalue weighted by Gasteiger charge is 2.56. The van der Waals surface area contributed by atoms with Crippen LogP contribution in [0.5, 0.6) is 0 Å². The van der Waals surface area contributed by atoms with Gasteiger partial charge in [-0.3, -0.25) is 19.4 Å². The number of hydrogen-bond donors (Lipinski definition) is 1. The van der Waals surface area contributed by atoms with Crippen LogP contribution in [0.25, 0.3) is 10.8 Å². The molecule has 188 valence electrons. The summed E-state index contributed by atoms with van der Waals surface area (Å²) in [5.41, 5.74) is 1.02. The lowest BCUT2D eigenvalue weighted by atomic mass is 9.80. The molecule has 8 heteroatoms. The van der Waals surface area contributed by atoms with E-state index >= 15 is 0 Å². The molecule has 1 aromatic heterocycles. The fourth-order valence-electron chi connectivity index (χ4n) is 5.61. The number of para-hydroxylation sites is 1. The van der Waals surface area contributed by atoms with Crippen LogP contribution in [-0.4, -0.2) is 58.2 Å². The SMILES string of the molecule is CC(C)C[C@@H](C(=O)N1C[C@]2(C[C@H]1C#N)C(=O)Nc1ccccc12)N(C)C(=O)c1ccc2ccncc2c1. The number of benzene rings is 2. The molecular weight excluding hydrogens is 466 g/mol. The maximum atomic E-state index is 14.0. The van der Waals surface area contributed by atoms with Crippen molar-refractivity contribution in [3.63, 3.8) is 0 Å². The fourth-order valence-corrected chi connectivity index (χ4v) is 5.61. The van der Waals surface area contributed by atoms with E-state index in [0.29, 0.717) is 12.0 Å². The van der Waals surface area contributed by atoms with Crippen molar-refractivity contribution >= 4 is 34.2 Å². The number of rotatable bonds is 5. The molecular formula is C29H29N5O3. The summed E-state index contributed by atoms with van der Waals surface area (Å²) >= 11 is 0. The summed E-state index contributed by atoms with van der Waals surface area (Å²) in [5.74, 6) is -0.666. The molecule has 1 spiro atoms. The third-order valence-electron chi connectivity index (χ3n) is 7.57. The van der Waals surface area contributed by atoms with Gasteiger partial charge in [0.2, 0.25) is 11.8 Å². The summed E-state index contributed by atoms with van der Waals surface area (Å²) in [7, 11) is 1.63. The number of anilines is 1. The lowest BCUT2D eigenvalue weighted by Crippen LogP contribution is -2.52. The Kier molecular flexibility index (Phi) is 6.16. The Balaban J connectivity index is 1.46. The second kappa shape index (κ2) is 9.32. The van der Waals surface area contributed by atoms with Crippen molar-refractivity contribution in [2.45, 2.75) is 44.2 Å². The van der Waals surface area contributed by atoms with Crippen molar-refractivity contribution in [3.8, 4) is 6.07 Å². The molecule has 37 heavy (non-hydrogen) atoms. The summed E-state index contributed by atoms with van der Waals surface area (Å²) in [6.45, 7) is 4.09. The van der Waals surface area contributed by atoms with Gasteiger partial charge < -0.3 is 15.1 Å². The van der Waals surface area contributed by atoms with Crippen LogP contribution in [0.4, 0.5) is 5.69 Å². The van der Waals surface area contributed by atoms with E-state index in [4.69, 9.17) is 0 Å². The first-order chi connectivity index (χ1) is 17.7. The second-order valence-electron chi connectivity index (χ2n) is 10.4. The van der Waals surface area contributed by atoms with Gasteiger partial charge in [0, 0.05) is 49.0 Å². The van der Waals surface area contributed by atoms with Crippen LogP contribution < -0.4 is 5.32 Å². The number of amides is 3. The number of hydrogen-bond acceptors (Lipinski definition) is 5. The van der Waals surface area contributed by atoms with Crippen LogP contribution in [-0.2, 0) is 15.0 Å². The quantitative estimate of drug-likeness (QED) is 0.580. The molecule has 0 unspecified atom stereocenters. The number of fused-ring (bicyclic) bond motifs is 3. The van der Waals surface area contributed by atoms with E-state index in [1.54, 1.807) is 31.6 Å². The van der Waals surface area contributed by atoms with E-state index < -0.39 is 17.5 Å². The third-order valence-corrected chi connectivity index (χ3v) is 7.57. The molecule has 5 rings (SSSR count). The van der Waals surface area contributed by atoms with Crippen LogP contribution in [0.3, 0.4) is 0 Å². The van der Waals surface area contributed by atoms with Crippen LogP contribution in [0, 0.1) is 17.2 Å². The van der Waals surface area contributed by atoms with Crippen molar-refractivity contribution in [2.75, 3.05) is 18.9 Å². The van der Waals surface area contributed by atoms with E-state index in [2.05, 4.69) is 16.4 Å². The number of likely N-dealkylation sites (N-methyl/N-ethyl adjacent to an activating group) is 1. The van der Waals surface area contributed by atoms with E-state index in [0.717, 1.165) is 22.0 Å². The lowest BCUT2D eigenvalue weighted by molar-refractivity contribution is -0.136. The molecule has 2 aliphatic heterocycles. The van der Waals surface area contributed by atoms with Crippen LogP contribution in [0.15, 0.2) is 60.9 Å². The smallest absolute Gasteiger partial charge is 0.254 e. The van der Waals surface area contributed by atoms with Crippen molar-refractivity contribution in [1.82, 2.24) is 14.8 Å². The molecule has 1 saturated heterocycles. The number of carbonyl (C=O) groups excluding carboxylic acids is 3. The number of carbonyl (C=O) groups is 3. The summed E-state index contributed by atoms with van der Waals surface area (Å²) < 4.78 is 0. The zero-order chi connectivity index (χ0) is 26.3. The van der Waals surface area contributed by atoms with E-state index in [1.165, 1.54) is 9.80 Å². The van der Waals surface area contributed by atoms with Crippen molar-refractivity contribution < 1.29 is 14.4 Å². The third kappa shape index (κ3) is 4.10. The molecule has 0 radical (unpaired) electrons. The lowest BCUT2D eigenvalue weighted by Gasteiger charge is -2.33. The van der Waals surface area contributed by atoms with Gasteiger partial charge in [-0.15, -0.1) is 0 Å². The van der Waals surface area contributed by atoms with Gasteiger partial charge in [0.1, 0.15) is 12.1 Å². The fraction of sp³-hybridized carbons (Fsp3) is 0.345. The average molecular weight is 496 g/mol. The largest absolute Gasteiger partial charge is 0.330 e.